The first-order valence-electron chi connectivity index (χ1n) is 13.0. The Kier molecular flexibility index (Phi) is 5.98. The summed E-state index contributed by atoms with van der Waals surface area (Å²) in [5.74, 6) is 6.79. The van der Waals surface area contributed by atoms with Crippen molar-refractivity contribution in [3.63, 3.8) is 0 Å². The number of nitrogens with two attached hydrogens (primary N) is 1. The first-order valence-corrected chi connectivity index (χ1v) is 13.0. The molecular weight excluding hydrogens is 338 g/mol. The highest BCUT2D eigenvalue weighted by Crippen LogP contribution is 2.68. The Hall–Kier alpha value is -0.0400. The third kappa shape index (κ3) is 3.50. The first-order chi connectivity index (χ1) is 13.3. The maximum atomic E-state index is 6.39. The zero-order valence-corrected chi connectivity index (χ0v) is 19.7. The highest BCUT2D eigenvalue weighted by Gasteiger charge is 2.60. The lowest BCUT2D eigenvalue weighted by atomic mass is 9.44. The molecule has 4 fully saturated rings. The van der Waals surface area contributed by atoms with Crippen molar-refractivity contribution < 1.29 is 0 Å². The molecule has 162 valence electrons. The summed E-state index contributed by atoms with van der Waals surface area (Å²) in [7, 11) is 0. The van der Waals surface area contributed by atoms with Crippen LogP contribution < -0.4 is 5.73 Å². The Bertz CT molecular complexity index is 540. The van der Waals surface area contributed by atoms with Gasteiger partial charge in [0.05, 0.1) is 0 Å². The minimum absolute atomic E-state index is 0.492. The smallest absolute Gasteiger partial charge is 0.00418 e. The van der Waals surface area contributed by atoms with E-state index in [-0.39, 0.29) is 0 Å². The van der Waals surface area contributed by atoms with Crippen molar-refractivity contribution in [3.05, 3.63) is 0 Å². The van der Waals surface area contributed by atoms with Crippen molar-refractivity contribution in [3.8, 4) is 0 Å². The van der Waals surface area contributed by atoms with Crippen LogP contribution >= 0.6 is 0 Å². The summed E-state index contributed by atoms with van der Waals surface area (Å²) in [5.41, 5.74) is 7.64. The third-order valence-corrected chi connectivity index (χ3v) is 10.9. The van der Waals surface area contributed by atoms with Gasteiger partial charge >= 0.3 is 0 Å². The van der Waals surface area contributed by atoms with E-state index in [9.17, 15) is 0 Å². The van der Waals surface area contributed by atoms with Gasteiger partial charge in [0.2, 0.25) is 0 Å². The molecule has 28 heavy (non-hydrogen) atoms. The van der Waals surface area contributed by atoms with Gasteiger partial charge in [0.25, 0.3) is 0 Å². The molecule has 0 amide bonds. The first kappa shape index (κ1) is 21.2. The summed E-state index contributed by atoms with van der Waals surface area (Å²) in [6, 6.07) is 0.492. The number of rotatable bonds is 5. The van der Waals surface area contributed by atoms with Gasteiger partial charge in [-0.25, -0.2) is 0 Å². The minimum Gasteiger partial charge on any atom is -0.328 e. The quantitative estimate of drug-likeness (QED) is 0.521. The van der Waals surface area contributed by atoms with Crippen molar-refractivity contribution in [1.82, 2.24) is 0 Å². The number of hydrogen-bond acceptors (Lipinski definition) is 1. The molecule has 4 saturated carbocycles. The predicted octanol–water partition coefficient (Wildman–Crippen LogP) is 7.44. The van der Waals surface area contributed by atoms with Crippen LogP contribution in [0.1, 0.15) is 112 Å². The second kappa shape index (κ2) is 7.90. The van der Waals surface area contributed by atoms with Crippen LogP contribution in [0.25, 0.3) is 0 Å². The van der Waals surface area contributed by atoms with Gasteiger partial charge in [0.1, 0.15) is 0 Å². The molecular formula is C27H49N. The molecule has 0 heterocycles. The van der Waals surface area contributed by atoms with Gasteiger partial charge in [-0.1, -0.05) is 53.9 Å². The maximum absolute atomic E-state index is 6.39. The monoisotopic (exact) mass is 387 g/mol. The fraction of sp³-hybridized carbons (Fsp3) is 1.00. The average molecular weight is 388 g/mol. The second-order valence-electron chi connectivity index (χ2n) is 12.7. The standard InChI is InChI=1S/C27H49N/c1-18(2)7-6-8-19(3)23-11-12-24-22-10-9-20-17-21(28)13-15-26(20,4)25(22)14-16-27(23,24)5/h18-25H,6-17,28H2,1-5H3/t19-,20?,21?,22?,23-,24?,25?,26+,27-/m1/s1. The normalized spacial score (nSPS) is 49.4. The van der Waals surface area contributed by atoms with Crippen LogP contribution in [0.3, 0.4) is 0 Å². The van der Waals surface area contributed by atoms with E-state index in [0.717, 1.165) is 41.4 Å². The van der Waals surface area contributed by atoms with Crippen LogP contribution in [-0.4, -0.2) is 6.04 Å². The average Bonchev–Trinajstić information content (AvgIpc) is 2.99. The van der Waals surface area contributed by atoms with Crippen LogP contribution in [0.5, 0.6) is 0 Å². The molecule has 0 aliphatic heterocycles. The molecule has 0 aromatic heterocycles. The van der Waals surface area contributed by atoms with Gasteiger partial charge in [0, 0.05) is 6.04 Å². The topological polar surface area (TPSA) is 26.0 Å². The molecule has 1 nitrogen and oxygen atoms in total. The van der Waals surface area contributed by atoms with Crippen molar-refractivity contribution >= 4 is 0 Å². The largest absolute Gasteiger partial charge is 0.328 e. The van der Waals surface area contributed by atoms with Crippen molar-refractivity contribution in [2.45, 2.75) is 118 Å². The molecule has 0 saturated heterocycles. The maximum Gasteiger partial charge on any atom is 0.00418 e. The summed E-state index contributed by atoms with van der Waals surface area (Å²) in [5, 5.41) is 0. The fourth-order valence-electron chi connectivity index (χ4n) is 9.32. The highest BCUT2D eigenvalue weighted by atomic mass is 14.7. The van der Waals surface area contributed by atoms with Crippen molar-refractivity contribution in [2.75, 3.05) is 0 Å². The van der Waals surface area contributed by atoms with Gasteiger partial charge in [-0.2, -0.15) is 0 Å². The Morgan fingerprint density at radius 2 is 1.54 bits per heavy atom. The molecule has 9 atom stereocenters. The van der Waals surface area contributed by atoms with Gasteiger partial charge in [-0.05, 0) is 110 Å². The highest BCUT2D eigenvalue weighted by molar-refractivity contribution is 5.09. The van der Waals surface area contributed by atoms with E-state index in [0.29, 0.717) is 16.9 Å². The SMILES string of the molecule is CC(C)CCC[C@@H](C)[C@H]1CCC2C3CCC4CC(N)CC[C@]4(C)C3CC[C@@]21C. The summed E-state index contributed by atoms with van der Waals surface area (Å²) in [6.45, 7) is 12.8. The van der Waals surface area contributed by atoms with E-state index >= 15 is 0 Å². The van der Waals surface area contributed by atoms with Crippen LogP contribution in [0.2, 0.25) is 0 Å². The van der Waals surface area contributed by atoms with Crippen molar-refractivity contribution in [1.29, 1.82) is 0 Å². The molecule has 5 unspecified atom stereocenters. The molecule has 0 spiro atoms. The lowest BCUT2D eigenvalue weighted by molar-refractivity contribution is -0.116. The number of hydrogen-bond donors (Lipinski definition) is 1. The van der Waals surface area contributed by atoms with Gasteiger partial charge < -0.3 is 5.73 Å². The van der Waals surface area contributed by atoms with E-state index < -0.39 is 0 Å². The Balaban J connectivity index is 1.46. The Labute approximate surface area is 176 Å². The molecule has 0 bridgehead atoms. The minimum atomic E-state index is 0.492. The van der Waals surface area contributed by atoms with Crippen LogP contribution in [0, 0.1) is 52.3 Å². The molecule has 2 N–H and O–H groups in total. The van der Waals surface area contributed by atoms with Gasteiger partial charge in [-0.15, -0.1) is 0 Å². The van der Waals surface area contributed by atoms with Crippen LogP contribution in [0.15, 0.2) is 0 Å². The Morgan fingerprint density at radius 3 is 2.29 bits per heavy atom. The van der Waals surface area contributed by atoms with Crippen molar-refractivity contribution in [2.24, 2.45) is 58.0 Å². The zero-order chi connectivity index (χ0) is 20.1. The van der Waals surface area contributed by atoms with E-state index in [4.69, 9.17) is 5.73 Å². The molecule has 0 aromatic carbocycles. The molecule has 0 aromatic rings. The van der Waals surface area contributed by atoms with E-state index in [1.807, 2.05) is 0 Å². The zero-order valence-electron chi connectivity index (χ0n) is 19.7. The molecule has 4 rings (SSSR count). The lowest BCUT2D eigenvalue weighted by Crippen LogP contribution is -2.54. The summed E-state index contributed by atoms with van der Waals surface area (Å²) < 4.78 is 0. The predicted molar refractivity (Wildman–Crippen MR) is 121 cm³/mol. The summed E-state index contributed by atoms with van der Waals surface area (Å²) in [4.78, 5) is 0. The second-order valence-corrected chi connectivity index (χ2v) is 12.7. The molecule has 0 radical (unpaired) electrons. The van der Waals surface area contributed by atoms with E-state index in [1.54, 1.807) is 0 Å². The molecule has 4 aliphatic rings. The third-order valence-electron chi connectivity index (χ3n) is 10.9. The van der Waals surface area contributed by atoms with E-state index in [1.165, 1.54) is 77.0 Å². The summed E-state index contributed by atoms with van der Waals surface area (Å²) in [6.07, 6.45) is 17.5. The van der Waals surface area contributed by atoms with Gasteiger partial charge in [0.15, 0.2) is 0 Å². The lowest BCUT2D eigenvalue weighted by Gasteiger charge is -2.61. The Morgan fingerprint density at radius 1 is 0.821 bits per heavy atom. The molecule has 1 heteroatoms. The van der Waals surface area contributed by atoms with E-state index in [2.05, 4.69) is 34.6 Å². The van der Waals surface area contributed by atoms with Crippen LogP contribution in [-0.2, 0) is 0 Å². The van der Waals surface area contributed by atoms with Gasteiger partial charge in [-0.3, -0.25) is 0 Å². The molecule has 4 aliphatic carbocycles. The summed E-state index contributed by atoms with van der Waals surface area (Å²) >= 11 is 0. The van der Waals surface area contributed by atoms with Crippen LogP contribution in [0.4, 0.5) is 0 Å². The fourth-order valence-corrected chi connectivity index (χ4v) is 9.32. The number of fused-ring (bicyclic) bond motifs is 5.